The van der Waals surface area contributed by atoms with Crippen LogP contribution in [0.1, 0.15) is 43.5 Å². The van der Waals surface area contributed by atoms with E-state index in [4.69, 9.17) is 21.3 Å². The van der Waals surface area contributed by atoms with E-state index in [1.54, 1.807) is 6.21 Å². The molecule has 0 saturated carbocycles. The number of aromatic nitrogens is 1. The van der Waals surface area contributed by atoms with Gasteiger partial charge < -0.3 is 20.8 Å². The first kappa shape index (κ1) is 25.1. The SMILES string of the molecule is CCCC(C=Nc1ccc2n1[B][N+]1=C(NCc3ccccc3OCC)C=CC1=C2c1ccc(N)cc1)=NN. The molecule has 2 aliphatic rings. The molecule has 0 bridgehead atoms. The van der Waals surface area contributed by atoms with Crippen LogP contribution in [0.4, 0.5) is 11.5 Å². The quantitative estimate of drug-likeness (QED) is 0.133. The summed E-state index contributed by atoms with van der Waals surface area (Å²) in [4.78, 5) is 4.74. The number of nitrogens with two attached hydrogens (primary N) is 2. The van der Waals surface area contributed by atoms with Crippen LogP contribution in [0.25, 0.3) is 5.57 Å². The highest BCUT2D eigenvalue weighted by atomic mass is 16.5. The predicted octanol–water partition coefficient (Wildman–Crippen LogP) is 4.21. The fraction of sp³-hybridized carbons (Fsp3) is 0.207. The Morgan fingerprint density at radius 1 is 1.08 bits per heavy atom. The van der Waals surface area contributed by atoms with Gasteiger partial charge in [-0.15, -0.1) is 0 Å². The highest BCUT2D eigenvalue weighted by Crippen LogP contribution is 2.36. The fourth-order valence-corrected chi connectivity index (χ4v) is 4.67. The second kappa shape index (κ2) is 11.3. The first-order valence-electron chi connectivity index (χ1n) is 12.9. The van der Waals surface area contributed by atoms with Crippen LogP contribution in [0, 0.1) is 0 Å². The topological polar surface area (TPSA) is 106 Å². The summed E-state index contributed by atoms with van der Waals surface area (Å²) in [5.41, 5.74) is 12.9. The van der Waals surface area contributed by atoms with E-state index in [1.165, 1.54) is 0 Å². The summed E-state index contributed by atoms with van der Waals surface area (Å²) in [5.74, 6) is 8.21. The number of fused-ring (bicyclic) bond motifs is 2. The van der Waals surface area contributed by atoms with E-state index in [-0.39, 0.29) is 0 Å². The van der Waals surface area contributed by atoms with Crippen molar-refractivity contribution in [1.29, 1.82) is 0 Å². The molecular weight excluding hydrogens is 473 g/mol. The largest absolute Gasteiger partial charge is 0.553 e. The molecule has 0 aliphatic carbocycles. The minimum atomic E-state index is 0.625. The van der Waals surface area contributed by atoms with Gasteiger partial charge in [0.25, 0.3) is 5.84 Å². The number of allylic oxidation sites excluding steroid dienone is 1. The van der Waals surface area contributed by atoms with Crippen molar-refractivity contribution in [2.24, 2.45) is 15.9 Å². The number of amidine groups is 1. The van der Waals surface area contributed by atoms with Crippen molar-refractivity contribution in [3.63, 3.8) is 0 Å². The van der Waals surface area contributed by atoms with Gasteiger partial charge in [-0.2, -0.15) is 5.10 Å². The van der Waals surface area contributed by atoms with Crippen LogP contribution >= 0.6 is 0 Å². The molecule has 1 aromatic heterocycles. The number of benzene rings is 2. The van der Waals surface area contributed by atoms with E-state index in [9.17, 15) is 0 Å². The third-order valence-electron chi connectivity index (χ3n) is 6.51. The monoisotopic (exact) mass is 505 g/mol. The molecule has 0 fully saturated rings. The number of ether oxygens (including phenoxy) is 1. The van der Waals surface area contributed by atoms with Gasteiger partial charge in [0.1, 0.15) is 23.8 Å². The maximum atomic E-state index is 6.00. The Bertz CT molecular complexity index is 1480. The van der Waals surface area contributed by atoms with Crippen molar-refractivity contribution in [2.45, 2.75) is 33.2 Å². The Hall–Kier alpha value is -4.53. The van der Waals surface area contributed by atoms with Gasteiger partial charge in [-0.3, -0.25) is 9.80 Å². The first-order valence-corrected chi connectivity index (χ1v) is 12.9. The zero-order chi connectivity index (χ0) is 26.5. The minimum Gasteiger partial charge on any atom is -0.493 e. The number of aliphatic imine (C=N–C) groups is 1. The third-order valence-corrected chi connectivity index (χ3v) is 6.51. The zero-order valence-corrected chi connectivity index (χ0v) is 21.8. The second-order valence-electron chi connectivity index (χ2n) is 9.06. The number of hydrogen-bond acceptors (Lipinski definition) is 6. The third kappa shape index (κ3) is 5.00. The number of nitrogens with zero attached hydrogens (tertiary/aromatic N) is 4. The number of anilines is 1. The molecule has 2 aliphatic heterocycles. The van der Waals surface area contributed by atoms with E-state index in [1.807, 2.05) is 43.3 Å². The van der Waals surface area contributed by atoms with E-state index in [0.717, 1.165) is 69.7 Å². The van der Waals surface area contributed by atoms with Crippen LogP contribution in [0.2, 0.25) is 0 Å². The van der Waals surface area contributed by atoms with Crippen molar-refractivity contribution in [3.8, 4) is 5.75 Å². The van der Waals surface area contributed by atoms with Crippen molar-refractivity contribution in [3.05, 3.63) is 95.3 Å². The molecule has 2 aromatic carbocycles. The lowest BCUT2D eigenvalue weighted by Gasteiger charge is -2.21. The maximum Gasteiger partial charge on any atom is 0.553 e. The van der Waals surface area contributed by atoms with Gasteiger partial charge in [0.2, 0.25) is 0 Å². The van der Waals surface area contributed by atoms with Gasteiger partial charge >= 0.3 is 7.55 Å². The molecule has 0 unspecified atom stereocenters. The van der Waals surface area contributed by atoms with Gasteiger partial charge in [0, 0.05) is 28.6 Å². The molecule has 8 nitrogen and oxygen atoms in total. The summed E-state index contributed by atoms with van der Waals surface area (Å²) >= 11 is 0. The van der Waals surface area contributed by atoms with Gasteiger partial charge in [-0.25, -0.2) is 4.99 Å². The molecule has 5 rings (SSSR count). The average Bonchev–Trinajstić information content (AvgIpc) is 3.54. The smallest absolute Gasteiger partial charge is 0.493 e. The Labute approximate surface area is 224 Å². The van der Waals surface area contributed by atoms with Crippen molar-refractivity contribution >= 4 is 42.4 Å². The first-order chi connectivity index (χ1) is 18.6. The van der Waals surface area contributed by atoms with Gasteiger partial charge in [0.05, 0.1) is 18.5 Å². The highest BCUT2D eigenvalue weighted by molar-refractivity contribution is 6.32. The molecule has 1 radical (unpaired) electrons. The summed E-state index contributed by atoms with van der Waals surface area (Å²) in [7, 11) is 2.06. The van der Waals surface area contributed by atoms with Crippen LogP contribution in [0.5, 0.6) is 5.75 Å². The highest BCUT2D eigenvalue weighted by Gasteiger charge is 2.34. The minimum absolute atomic E-state index is 0.625. The van der Waals surface area contributed by atoms with E-state index in [0.29, 0.717) is 13.2 Å². The molecule has 0 saturated heterocycles. The summed E-state index contributed by atoms with van der Waals surface area (Å²) in [6, 6.07) is 20.2. The van der Waals surface area contributed by atoms with E-state index < -0.39 is 0 Å². The van der Waals surface area contributed by atoms with Crippen LogP contribution in [0.3, 0.4) is 0 Å². The Morgan fingerprint density at radius 2 is 1.89 bits per heavy atom. The number of rotatable bonds is 9. The molecule has 191 valence electrons. The molecule has 3 aromatic rings. The summed E-state index contributed by atoms with van der Waals surface area (Å²) in [6.45, 7) is 5.34. The molecule has 5 N–H and O–H groups in total. The van der Waals surface area contributed by atoms with Crippen LogP contribution in [0.15, 0.2) is 88.6 Å². The summed E-state index contributed by atoms with van der Waals surface area (Å²) in [6.07, 6.45) is 7.71. The lowest BCUT2D eigenvalue weighted by Crippen LogP contribution is -2.36. The van der Waals surface area contributed by atoms with Gasteiger partial charge in [0.15, 0.2) is 0 Å². The summed E-state index contributed by atoms with van der Waals surface area (Å²) < 4.78 is 10.1. The van der Waals surface area contributed by atoms with Crippen molar-refractivity contribution < 1.29 is 9.22 Å². The number of para-hydroxylation sites is 1. The van der Waals surface area contributed by atoms with E-state index >= 15 is 0 Å². The molecule has 0 amide bonds. The van der Waals surface area contributed by atoms with Gasteiger partial charge in [-0.05, 0) is 55.3 Å². The Balaban J connectivity index is 1.54. The summed E-state index contributed by atoms with van der Waals surface area (Å²) in [5, 5.41) is 7.48. The Kier molecular flexibility index (Phi) is 7.44. The number of nitrogens with one attached hydrogen (secondary N) is 1. The van der Waals surface area contributed by atoms with E-state index in [2.05, 4.69) is 70.3 Å². The molecule has 9 heteroatoms. The average molecular weight is 505 g/mol. The standard InChI is InChI=1S/C29H32BN7O/c1-3-7-23(35-32)19-34-28-17-15-25-29(20-10-12-22(31)13-11-20)24-14-16-27(36(24)30-37(25)28)33-18-21-8-5-6-9-26(21)38-4-2/h5-6,8-17,19,33H,3-4,7,18,31-32H2,1-2H3/q+1. The second-order valence-corrected chi connectivity index (χ2v) is 9.06. The molecule has 38 heavy (non-hydrogen) atoms. The number of hydrogen-bond donors (Lipinski definition) is 3. The zero-order valence-electron chi connectivity index (χ0n) is 21.8. The predicted molar refractivity (Wildman–Crippen MR) is 156 cm³/mol. The normalized spacial score (nSPS) is 14.6. The molecule has 0 atom stereocenters. The van der Waals surface area contributed by atoms with Crippen LogP contribution in [-0.4, -0.2) is 40.9 Å². The van der Waals surface area contributed by atoms with Crippen LogP contribution in [-0.2, 0) is 6.54 Å². The van der Waals surface area contributed by atoms with Gasteiger partial charge in [-0.1, -0.05) is 43.7 Å². The molecule has 3 heterocycles. The van der Waals surface area contributed by atoms with Crippen molar-refractivity contribution in [2.75, 3.05) is 12.3 Å². The molecular formula is C29H32BN7O+. The lowest BCUT2D eigenvalue weighted by atomic mass is 9.93. The fourth-order valence-electron chi connectivity index (χ4n) is 4.67. The number of hydrazone groups is 1. The maximum absolute atomic E-state index is 6.00. The molecule has 0 spiro atoms. The van der Waals surface area contributed by atoms with Crippen molar-refractivity contribution in [1.82, 2.24) is 9.79 Å². The van der Waals surface area contributed by atoms with Crippen LogP contribution < -0.4 is 21.6 Å². The Morgan fingerprint density at radius 3 is 2.66 bits per heavy atom. The number of nitrogen functional groups attached to an aromatic ring is 1. The lowest BCUT2D eigenvalue weighted by molar-refractivity contribution is -0.315.